The second kappa shape index (κ2) is 9.19. The van der Waals surface area contributed by atoms with Gasteiger partial charge in [-0.05, 0) is 18.6 Å². The SMILES string of the molecule is CC[C@@H](c1cc(Cl)cc(Cl)c1O)N1CCNCC1.Cl.Cl. The molecule has 1 aliphatic rings. The van der Waals surface area contributed by atoms with Crippen molar-refractivity contribution in [2.24, 2.45) is 0 Å². The fraction of sp³-hybridized carbons (Fsp3) is 0.538. The molecular formula is C13H20Cl4N2O. The van der Waals surface area contributed by atoms with Crippen LogP contribution in [0.15, 0.2) is 12.1 Å². The van der Waals surface area contributed by atoms with Crippen molar-refractivity contribution < 1.29 is 5.11 Å². The molecule has 1 aromatic rings. The van der Waals surface area contributed by atoms with Crippen LogP contribution < -0.4 is 5.32 Å². The first-order chi connectivity index (χ1) is 8.63. The Morgan fingerprint density at radius 1 is 1.25 bits per heavy atom. The molecule has 1 saturated heterocycles. The van der Waals surface area contributed by atoms with Crippen LogP contribution >= 0.6 is 48.0 Å². The third-order valence-corrected chi connectivity index (χ3v) is 3.90. The van der Waals surface area contributed by atoms with E-state index in [0.29, 0.717) is 10.0 Å². The molecule has 1 aromatic carbocycles. The summed E-state index contributed by atoms with van der Waals surface area (Å²) in [4.78, 5) is 2.36. The standard InChI is InChI=1S/C13H18Cl2N2O.2ClH/c1-2-12(17-5-3-16-4-6-17)10-7-9(14)8-11(15)13(10)18;;/h7-8,12,16,18H,2-6H2,1H3;2*1H/t12-;;/m0../s1. The minimum atomic E-state index is 0. The second-order valence-corrected chi connectivity index (χ2v) is 5.38. The van der Waals surface area contributed by atoms with Gasteiger partial charge in [-0.2, -0.15) is 0 Å². The average molecular weight is 362 g/mol. The summed E-state index contributed by atoms with van der Waals surface area (Å²) in [5.74, 6) is 0.159. The molecule has 116 valence electrons. The topological polar surface area (TPSA) is 35.5 Å². The highest BCUT2D eigenvalue weighted by Gasteiger charge is 2.24. The number of nitrogens with one attached hydrogen (secondary N) is 1. The molecule has 2 rings (SSSR count). The molecule has 1 atom stereocenters. The van der Waals surface area contributed by atoms with Crippen molar-refractivity contribution in [1.82, 2.24) is 10.2 Å². The zero-order valence-corrected chi connectivity index (χ0v) is 14.4. The van der Waals surface area contributed by atoms with Crippen LogP contribution in [0.4, 0.5) is 0 Å². The van der Waals surface area contributed by atoms with Crippen molar-refractivity contribution in [1.29, 1.82) is 0 Å². The maximum atomic E-state index is 10.1. The predicted octanol–water partition coefficient (Wildman–Crippen LogP) is 3.90. The van der Waals surface area contributed by atoms with Gasteiger partial charge in [0.1, 0.15) is 5.75 Å². The Labute approximate surface area is 142 Å². The summed E-state index contributed by atoms with van der Waals surface area (Å²) in [5.41, 5.74) is 0.830. The van der Waals surface area contributed by atoms with Gasteiger partial charge in [-0.15, -0.1) is 24.8 Å². The number of piperazine rings is 1. The van der Waals surface area contributed by atoms with Crippen LogP contribution in [0.5, 0.6) is 5.75 Å². The van der Waals surface area contributed by atoms with Gasteiger partial charge in [0, 0.05) is 42.8 Å². The molecule has 0 aliphatic carbocycles. The van der Waals surface area contributed by atoms with Crippen molar-refractivity contribution >= 4 is 48.0 Å². The molecule has 0 radical (unpaired) electrons. The number of phenolic OH excluding ortho intramolecular Hbond substituents is 1. The van der Waals surface area contributed by atoms with E-state index >= 15 is 0 Å². The van der Waals surface area contributed by atoms with Crippen LogP contribution in [0.25, 0.3) is 0 Å². The number of hydrogen-bond donors (Lipinski definition) is 2. The van der Waals surface area contributed by atoms with E-state index < -0.39 is 0 Å². The van der Waals surface area contributed by atoms with Gasteiger partial charge in [0.25, 0.3) is 0 Å². The summed E-state index contributed by atoms with van der Waals surface area (Å²) in [6.07, 6.45) is 0.921. The van der Waals surface area contributed by atoms with E-state index in [4.69, 9.17) is 23.2 Å². The highest BCUT2D eigenvalue weighted by Crippen LogP contribution is 2.38. The van der Waals surface area contributed by atoms with Crippen LogP contribution in [0.1, 0.15) is 24.9 Å². The van der Waals surface area contributed by atoms with E-state index in [-0.39, 0.29) is 36.6 Å². The van der Waals surface area contributed by atoms with Gasteiger partial charge in [0.05, 0.1) is 5.02 Å². The van der Waals surface area contributed by atoms with Gasteiger partial charge in [0.2, 0.25) is 0 Å². The highest BCUT2D eigenvalue weighted by molar-refractivity contribution is 6.35. The minimum absolute atomic E-state index is 0. The van der Waals surface area contributed by atoms with E-state index in [1.165, 1.54) is 0 Å². The predicted molar refractivity (Wildman–Crippen MR) is 90.1 cm³/mol. The van der Waals surface area contributed by atoms with E-state index in [9.17, 15) is 5.11 Å². The Balaban J connectivity index is 0.00000180. The van der Waals surface area contributed by atoms with Crippen LogP contribution in [-0.2, 0) is 0 Å². The van der Waals surface area contributed by atoms with E-state index in [0.717, 1.165) is 38.2 Å². The molecule has 1 aliphatic heterocycles. The van der Waals surface area contributed by atoms with Gasteiger partial charge in [-0.25, -0.2) is 0 Å². The molecule has 3 nitrogen and oxygen atoms in total. The van der Waals surface area contributed by atoms with E-state index in [1.807, 2.05) is 6.07 Å². The number of benzene rings is 1. The van der Waals surface area contributed by atoms with E-state index in [1.54, 1.807) is 6.07 Å². The molecule has 0 aromatic heterocycles. The number of aromatic hydroxyl groups is 1. The lowest BCUT2D eigenvalue weighted by atomic mass is 10.0. The average Bonchev–Trinajstić information content (AvgIpc) is 2.37. The minimum Gasteiger partial charge on any atom is -0.506 e. The molecule has 7 heteroatoms. The lowest BCUT2D eigenvalue weighted by Crippen LogP contribution is -2.45. The maximum absolute atomic E-state index is 10.1. The number of halogens is 4. The first kappa shape index (κ1) is 20.1. The van der Waals surface area contributed by atoms with Crippen LogP contribution in [0, 0.1) is 0 Å². The maximum Gasteiger partial charge on any atom is 0.139 e. The number of rotatable bonds is 3. The smallest absolute Gasteiger partial charge is 0.139 e. The van der Waals surface area contributed by atoms with Crippen molar-refractivity contribution in [2.45, 2.75) is 19.4 Å². The largest absolute Gasteiger partial charge is 0.506 e. The van der Waals surface area contributed by atoms with E-state index in [2.05, 4.69) is 17.1 Å². The molecule has 0 bridgehead atoms. The van der Waals surface area contributed by atoms with Crippen LogP contribution in [-0.4, -0.2) is 36.2 Å². The van der Waals surface area contributed by atoms with Gasteiger partial charge in [0.15, 0.2) is 0 Å². The van der Waals surface area contributed by atoms with Crippen LogP contribution in [0.2, 0.25) is 10.0 Å². The summed E-state index contributed by atoms with van der Waals surface area (Å²) in [6, 6.07) is 3.56. The lowest BCUT2D eigenvalue weighted by Gasteiger charge is -2.35. The zero-order chi connectivity index (χ0) is 13.1. The fourth-order valence-electron chi connectivity index (χ4n) is 2.51. The number of hydrogen-bond acceptors (Lipinski definition) is 3. The van der Waals surface area contributed by atoms with Crippen molar-refractivity contribution in [3.05, 3.63) is 27.7 Å². The summed E-state index contributed by atoms with van der Waals surface area (Å²) in [6.45, 7) is 6.02. The fourth-order valence-corrected chi connectivity index (χ4v) is 3.02. The molecule has 2 N–H and O–H groups in total. The molecule has 0 amide bonds. The first-order valence-corrected chi connectivity index (χ1v) is 7.01. The summed E-state index contributed by atoms with van der Waals surface area (Å²) in [5, 5.41) is 14.3. The Hall–Kier alpha value is 0.1000. The quantitative estimate of drug-likeness (QED) is 0.856. The molecule has 1 heterocycles. The number of phenols is 1. The number of nitrogens with zero attached hydrogens (tertiary/aromatic N) is 1. The molecule has 0 spiro atoms. The summed E-state index contributed by atoms with van der Waals surface area (Å²) >= 11 is 12.0. The molecule has 0 saturated carbocycles. The zero-order valence-electron chi connectivity index (χ0n) is 11.2. The molecule has 0 unspecified atom stereocenters. The summed E-state index contributed by atoms with van der Waals surface area (Å²) in [7, 11) is 0. The van der Waals surface area contributed by atoms with Gasteiger partial charge < -0.3 is 10.4 Å². The van der Waals surface area contributed by atoms with Crippen molar-refractivity contribution in [3.63, 3.8) is 0 Å². The molecular weight excluding hydrogens is 342 g/mol. The Morgan fingerprint density at radius 3 is 2.40 bits per heavy atom. The molecule has 20 heavy (non-hydrogen) atoms. The second-order valence-electron chi connectivity index (χ2n) is 4.54. The normalized spacial score (nSPS) is 16.9. The molecule has 1 fully saturated rings. The highest BCUT2D eigenvalue weighted by atomic mass is 35.5. The monoisotopic (exact) mass is 360 g/mol. The Morgan fingerprint density at radius 2 is 1.85 bits per heavy atom. The van der Waals surface area contributed by atoms with Crippen molar-refractivity contribution in [2.75, 3.05) is 26.2 Å². The first-order valence-electron chi connectivity index (χ1n) is 6.26. The third-order valence-electron chi connectivity index (χ3n) is 3.40. The van der Waals surface area contributed by atoms with Crippen molar-refractivity contribution in [3.8, 4) is 5.75 Å². The Kier molecular flexibility index (Phi) is 9.23. The van der Waals surface area contributed by atoms with Gasteiger partial charge in [-0.3, -0.25) is 4.90 Å². The Bertz CT molecular complexity index is 425. The van der Waals surface area contributed by atoms with Gasteiger partial charge >= 0.3 is 0 Å². The summed E-state index contributed by atoms with van der Waals surface area (Å²) < 4.78 is 0. The van der Waals surface area contributed by atoms with Gasteiger partial charge in [-0.1, -0.05) is 30.1 Å². The lowest BCUT2D eigenvalue weighted by molar-refractivity contribution is 0.167. The third kappa shape index (κ3) is 4.55. The van der Waals surface area contributed by atoms with Crippen LogP contribution in [0.3, 0.4) is 0 Å².